The molecule has 3 N–H and O–H groups in total. The van der Waals surface area contributed by atoms with Gasteiger partial charge < -0.3 is 10.3 Å². The van der Waals surface area contributed by atoms with Gasteiger partial charge in [0.15, 0.2) is 0 Å². The summed E-state index contributed by atoms with van der Waals surface area (Å²) in [6.07, 6.45) is 1.08. The summed E-state index contributed by atoms with van der Waals surface area (Å²) < 4.78 is 26.3. The normalized spacial score (nSPS) is 13.8. The number of nitrogens with one attached hydrogen (secondary N) is 3. The SMILES string of the molecule is CC(NS(=O)(=O)c1ccc(=O)[nH]c1)C(=O)NC(C)(C)C. The maximum atomic E-state index is 12.0. The molecule has 1 aromatic rings. The fourth-order valence-electron chi connectivity index (χ4n) is 1.40. The summed E-state index contributed by atoms with van der Waals surface area (Å²) in [6.45, 7) is 6.85. The molecule has 1 rings (SSSR count). The number of sulfonamides is 1. The summed E-state index contributed by atoms with van der Waals surface area (Å²) in [7, 11) is -3.86. The summed E-state index contributed by atoms with van der Waals surface area (Å²) in [4.78, 5) is 24.9. The second-order valence-corrected chi connectivity index (χ2v) is 7.18. The van der Waals surface area contributed by atoms with Gasteiger partial charge in [-0.3, -0.25) is 9.59 Å². The van der Waals surface area contributed by atoms with E-state index in [1.807, 2.05) is 0 Å². The van der Waals surface area contributed by atoms with Crippen molar-refractivity contribution in [3.05, 3.63) is 28.7 Å². The van der Waals surface area contributed by atoms with Gasteiger partial charge in [-0.05, 0) is 33.8 Å². The van der Waals surface area contributed by atoms with Crippen LogP contribution in [0.5, 0.6) is 0 Å². The topological polar surface area (TPSA) is 108 Å². The zero-order valence-electron chi connectivity index (χ0n) is 11.9. The van der Waals surface area contributed by atoms with Crippen LogP contribution >= 0.6 is 0 Å². The number of aromatic nitrogens is 1. The predicted octanol–water partition coefficient (Wildman–Crippen LogP) is -0.0436. The molecule has 0 radical (unpaired) electrons. The highest BCUT2D eigenvalue weighted by Crippen LogP contribution is 2.06. The van der Waals surface area contributed by atoms with Gasteiger partial charge in [0.2, 0.25) is 21.5 Å². The monoisotopic (exact) mass is 301 g/mol. The largest absolute Gasteiger partial charge is 0.350 e. The quantitative estimate of drug-likeness (QED) is 0.725. The Labute approximate surface area is 117 Å². The molecule has 8 heteroatoms. The van der Waals surface area contributed by atoms with Crippen molar-refractivity contribution in [2.24, 2.45) is 0 Å². The lowest BCUT2D eigenvalue weighted by molar-refractivity contribution is -0.123. The standard InChI is InChI=1S/C12H19N3O4S/c1-8(11(17)14-12(2,3)4)15-20(18,19)9-5-6-10(16)13-7-9/h5-8,15H,1-4H3,(H,13,16)(H,14,17). The molecule has 1 atom stereocenters. The molecule has 7 nitrogen and oxygen atoms in total. The Kier molecular flexibility index (Phi) is 4.72. The Morgan fingerprint density at radius 3 is 2.35 bits per heavy atom. The van der Waals surface area contributed by atoms with Crippen molar-refractivity contribution in [1.29, 1.82) is 0 Å². The Hall–Kier alpha value is -1.67. The summed E-state index contributed by atoms with van der Waals surface area (Å²) in [5.41, 5.74) is -0.850. The number of pyridine rings is 1. The van der Waals surface area contributed by atoms with Crippen LogP contribution in [0.2, 0.25) is 0 Å². The number of amides is 1. The number of carbonyl (C=O) groups excluding carboxylic acids is 1. The molecule has 1 heterocycles. The van der Waals surface area contributed by atoms with Gasteiger partial charge >= 0.3 is 0 Å². The van der Waals surface area contributed by atoms with E-state index < -0.39 is 33.1 Å². The van der Waals surface area contributed by atoms with Crippen molar-refractivity contribution < 1.29 is 13.2 Å². The molecule has 0 fully saturated rings. The third kappa shape index (κ3) is 4.78. The third-order valence-electron chi connectivity index (χ3n) is 2.29. The Balaban J connectivity index is 2.83. The molecule has 0 aliphatic rings. The zero-order chi connectivity index (χ0) is 15.6. The smallest absolute Gasteiger partial charge is 0.247 e. The van der Waals surface area contributed by atoms with Crippen LogP contribution in [0, 0.1) is 0 Å². The second kappa shape index (κ2) is 5.76. The fourth-order valence-corrected chi connectivity index (χ4v) is 2.57. The number of H-pyrrole nitrogens is 1. The molecule has 0 bridgehead atoms. The first kappa shape index (κ1) is 16.4. The molecule has 1 amide bonds. The van der Waals surface area contributed by atoms with Gasteiger partial charge in [0.05, 0.1) is 10.9 Å². The number of carbonyl (C=O) groups is 1. The van der Waals surface area contributed by atoms with E-state index in [1.54, 1.807) is 20.8 Å². The summed E-state index contributed by atoms with van der Waals surface area (Å²) in [5.74, 6) is -0.425. The van der Waals surface area contributed by atoms with Crippen LogP contribution in [0.25, 0.3) is 0 Å². The lowest BCUT2D eigenvalue weighted by atomic mass is 10.1. The minimum absolute atomic E-state index is 0.104. The highest BCUT2D eigenvalue weighted by molar-refractivity contribution is 7.89. The van der Waals surface area contributed by atoms with Crippen LogP contribution in [0.15, 0.2) is 28.0 Å². The third-order valence-corrected chi connectivity index (χ3v) is 3.83. The number of hydrogen-bond acceptors (Lipinski definition) is 4. The molecular formula is C12H19N3O4S. The van der Waals surface area contributed by atoms with E-state index in [4.69, 9.17) is 0 Å². The maximum Gasteiger partial charge on any atom is 0.247 e. The minimum atomic E-state index is -3.86. The first-order chi connectivity index (χ1) is 9.01. The second-order valence-electron chi connectivity index (χ2n) is 5.47. The van der Waals surface area contributed by atoms with Crippen LogP contribution in [0.3, 0.4) is 0 Å². The van der Waals surface area contributed by atoms with E-state index in [9.17, 15) is 18.0 Å². The summed E-state index contributed by atoms with van der Waals surface area (Å²) >= 11 is 0. The van der Waals surface area contributed by atoms with Crippen molar-refractivity contribution in [1.82, 2.24) is 15.0 Å². The molecule has 1 unspecified atom stereocenters. The first-order valence-electron chi connectivity index (χ1n) is 6.04. The lowest BCUT2D eigenvalue weighted by Crippen LogP contribution is -2.50. The van der Waals surface area contributed by atoms with Crippen molar-refractivity contribution in [3.8, 4) is 0 Å². The fraction of sp³-hybridized carbons (Fsp3) is 0.500. The Bertz CT molecular complexity index is 623. The van der Waals surface area contributed by atoms with Crippen LogP contribution in [-0.2, 0) is 14.8 Å². The van der Waals surface area contributed by atoms with E-state index in [-0.39, 0.29) is 4.90 Å². The molecule has 0 saturated carbocycles. The minimum Gasteiger partial charge on any atom is -0.350 e. The molecule has 0 saturated heterocycles. The van der Waals surface area contributed by atoms with Gasteiger partial charge in [-0.1, -0.05) is 0 Å². The van der Waals surface area contributed by atoms with Crippen LogP contribution in [0.4, 0.5) is 0 Å². The molecule has 0 spiro atoms. The van der Waals surface area contributed by atoms with Gasteiger partial charge in [-0.15, -0.1) is 0 Å². The van der Waals surface area contributed by atoms with Gasteiger partial charge in [0.1, 0.15) is 0 Å². The molecule has 20 heavy (non-hydrogen) atoms. The van der Waals surface area contributed by atoms with Crippen molar-refractivity contribution in [3.63, 3.8) is 0 Å². The summed E-state index contributed by atoms with van der Waals surface area (Å²) in [6, 6.07) is 1.36. The van der Waals surface area contributed by atoms with Crippen LogP contribution in [-0.4, -0.2) is 30.9 Å². The molecule has 112 valence electrons. The number of aromatic amines is 1. The molecule has 0 aromatic carbocycles. The van der Waals surface area contributed by atoms with E-state index >= 15 is 0 Å². The van der Waals surface area contributed by atoms with E-state index in [2.05, 4.69) is 15.0 Å². The predicted molar refractivity (Wildman–Crippen MR) is 74.7 cm³/mol. The molecular weight excluding hydrogens is 282 g/mol. The average molecular weight is 301 g/mol. The van der Waals surface area contributed by atoms with Gasteiger partial charge in [0, 0.05) is 17.8 Å². The van der Waals surface area contributed by atoms with Crippen LogP contribution in [0.1, 0.15) is 27.7 Å². The van der Waals surface area contributed by atoms with Gasteiger partial charge in [-0.25, -0.2) is 8.42 Å². The van der Waals surface area contributed by atoms with Crippen molar-refractivity contribution in [2.75, 3.05) is 0 Å². The van der Waals surface area contributed by atoms with Gasteiger partial charge in [0.25, 0.3) is 0 Å². The van der Waals surface area contributed by atoms with Crippen molar-refractivity contribution >= 4 is 15.9 Å². The van der Waals surface area contributed by atoms with E-state index in [0.717, 1.165) is 12.3 Å². The first-order valence-corrected chi connectivity index (χ1v) is 7.53. The molecule has 0 aliphatic heterocycles. The van der Waals surface area contributed by atoms with E-state index in [0.29, 0.717) is 0 Å². The molecule has 0 aliphatic carbocycles. The van der Waals surface area contributed by atoms with Crippen LogP contribution < -0.4 is 15.6 Å². The Morgan fingerprint density at radius 2 is 1.90 bits per heavy atom. The number of hydrogen-bond donors (Lipinski definition) is 3. The lowest BCUT2D eigenvalue weighted by Gasteiger charge is -2.23. The Morgan fingerprint density at radius 1 is 1.30 bits per heavy atom. The van der Waals surface area contributed by atoms with Gasteiger partial charge in [-0.2, -0.15) is 4.72 Å². The molecule has 1 aromatic heterocycles. The van der Waals surface area contributed by atoms with E-state index in [1.165, 1.54) is 13.0 Å². The zero-order valence-corrected chi connectivity index (χ0v) is 12.7. The highest BCUT2D eigenvalue weighted by Gasteiger charge is 2.24. The summed E-state index contributed by atoms with van der Waals surface area (Å²) in [5, 5.41) is 2.68. The number of rotatable bonds is 4. The maximum absolute atomic E-state index is 12.0. The highest BCUT2D eigenvalue weighted by atomic mass is 32.2. The van der Waals surface area contributed by atoms with Crippen molar-refractivity contribution in [2.45, 2.75) is 44.2 Å². The average Bonchev–Trinajstić information content (AvgIpc) is 2.26.